The minimum atomic E-state index is 0.470. The summed E-state index contributed by atoms with van der Waals surface area (Å²) in [5, 5.41) is 9.03. The lowest BCUT2D eigenvalue weighted by molar-refractivity contribution is 0.654. The molecule has 0 fully saturated rings. The van der Waals surface area contributed by atoms with Gasteiger partial charge in [0.25, 0.3) is 0 Å². The zero-order valence-corrected chi connectivity index (χ0v) is 27.7. The Morgan fingerprint density at radius 1 is 0.404 bits per heavy atom. The first-order valence-electron chi connectivity index (χ1n) is 17.3. The van der Waals surface area contributed by atoms with Crippen LogP contribution in [0, 0.1) is 0 Å². The molecular weight excluding hydrogens is 639 g/mol. The largest absolute Gasteiger partial charge is 0.438 e. The molecule has 0 atom stereocenters. The third-order valence-electron chi connectivity index (χ3n) is 10.1. The van der Waals surface area contributed by atoms with Crippen molar-refractivity contribution in [3.05, 3.63) is 164 Å². The van der Waals surface area contributed by atoms with E-state index in [2.05, 4.69) is 132 Å². The van der Waals surface area contributed by atoms with Gasteiger partial charge in [0, 0.05) is 32.7 Å². The number of rotatable bonds is 4. The first kappa shape index (κ1) is 28.6. The van der Waals surface area contributed by atoms with Crippen LogP contribution in [0.3, 0.4) is 0 Å². The Labute approximate surface area is 297 Å². The number of furan rings is 1. The fraction of sp³-hybridized carbons (Fsp3) is 0. The van der Waals surface area contributed by atoms with Crippen LogP contribution in [0.25, 0.3) is 105 Å². The van der Waals surface area contributed by atoms with Crippen molar-refractivity contribution in [3.63, 3.8) is 0 Å². The molecule has 0 aliphatic carbocycles. The van der Waals surface area contributed by atoms with E-state index in [1.54, 1.807) is 0 Å². The Morgan fingerprint density at radius 2 is 1.02 bits per heavy atom. The van der Waals surface area contributed by atoms with Crippen molar-refractivity contribution in [2.75, 3.05) is 0 Å². The highest BCUT2D eigenvalue weighted by molar-refractivity contribution is 6.10. The molecule has 0 aliphatic heterocycles. The fourth-order valence-corrected chi connectivity index (χ4v) is 7.65. The van der Waals surface area contributed by atoms with Crippen molar-refractivity contribution in [1.29, 1.82) is 0 Å². The molecule has 6 heteroatoms. The molecule has 0 radical (unpaired) electrons. The molecule has 0 unspecified atom stereocenters. The second kappa shape index (κ2) is 11.2. The summed E-state index contributed by atoms with van der Waals surface area (Å²) < 4.78 is 8.51. The number of benzene rings is 7. The predicted molar refractivity (Wildman–Crippen MR) is 211 cm³/mol. The normalized spacial score (nSPS) is 11.8. The van der Waals surface area contributed by atoms with E-state index in [1.165, 1.54) is 21.5 Å². The lowest BCUT2D eigenvalue weighted by atomic mass is 10.00. The van der Waals surface area contributed by atoms with E-state index in [9.17, 15) is 0 Å². The minimum absolute atomic E-state index is 0.470. The highest BCUT2D eigenvalue weighted by atomic mass is 16.3. The smallest absolute Gasteiger partial charge is 0.227 e. The van der Waals surface area contributed by atoms with Gasteiger partial charge in [0.05, 0.1) is 16.7 Å². The third-order valence-corrected chi connectivity index (χ3v) is 10.1. The van der Waals surface area contributed by atoms with Crippen LogP contribution < -0.4 is 0 Å². The zero-order valence-electron chi connectivity index (χ0n) is 27.7. The fourth-order valence-electron chi connectivity index (χ4n) is 7.65. The van der Waals surface area contributed by atoms with Gasteiger partial charge in [-0.25, -0.2) is 19.9 Å². The first-order chi connectivity index (χ1) is 25.8. The van der Waals surface area contributed by atoms with Crippen molar-refractivity contribution >= 4 is 65.4 Å². The van der Waals surface area contributed by atoms with E-state index >= 15 is 0 Å². The molecule has 0 N–H and O–H groups in total. The molecule has 0 aliphatic rings. The van der Waals surface area contributed by atoms with Crippen molar-refractivity contribution in [2.24, 2.45) is 0 Å². The maximum atomic E-state index is 6.20. The average Bonchev–Trinajstić information content (AvgIpc) is 3.76. The summed E-state index contributed by atoms with van der Waals surface area (Å²) in [5.74, 6) is 1.60. The zero-order chi connectivity index (χ0) is 34.2. The molecule has 0 spiro atoms. The predicted octanol–water partition coefficient (Wildman–Crippen LogP) is 11.6. The van der Waals surface area contributed by atoms with E-state index in [-0.39, 0.29) is 0 Å². The molecule has 0 amide bonds. The highest BCUT2D eigenvalue weighted by Crippen LogP contribution is 2.37. The molecule has 4 heterocycles. The Bertz CT molecular complexity index is 3160. The lowest BCUT2D eigenvalue weighted by Crippen LogP contribution is -2.04. The van der Waals surface area contributed by atoms with E-state index in [4.69, 9.17) is 24.4 Å². The number of hydrogen-bond donors (Lipinski definition) is 0. The molecule has 0 saturated carbocycles. The van der Waals surface area contributed by atoms with Gasteiger partial charge < -0.3 is 8.98 Å². The average molecular weight is 666 g/mol. The monoisotopic (exact) mass is 665 g/mol. The number of para-hydroxylation sites is 4. The van der Waals surface area contributed by atoms with Crippen molar-refractivity contribution in [1.82, 2.24) is 24.5 Å². The van der Waals surface area contributed by atoms with Gasteiger partial charge >= 0.3 is 0 Å². The van der Waals surface area contributed by atoms with Gasteiger partial charge in [-0.05, 0) is 70.1 Å². The van der Waals surface area contributed by atoms with E-state index in [0.29, 0.717) is 28.9 Å². The third kappa shape index (κ3) is 4.38. The lowest BCUT2D eigenvalue weighted by Gasteiger charge is -2.14. The number of aromatic nitrogens is 5. The summed E-state index contributed by atoms with van der Waals surface area (Å²) in [4.78, 5) is 20.5. The van der Waals surface area contributed by atoms with Crippen molar-refractivity contribution in [2.45, 2.75) is 0 Å². The molecule has 242 valence electrons. The van der Waals surface area contributed by atoms with Crippen LogP contribution in [0.1, 0.15) is 0 Å². The Balaban J connectivity index is 1.17. The number of nitrogens with zero attached hydrogens (tertiary/aromatic N) is 5. The number of hydrogen-bond acceptors (Lipinski definition) is 5. The van der Waals surface area contributed by atoms with Crippen LogP contribution >= 0.6 is 0 Å². The van der Waals surface area contributed by atoms with Crippen LogP contribution in [-0.4, -0.2) is 24.5 Å². The molecular formula is C46H27N5O. The van der Waals surface area contributed by atoms with Gasteiger partial charge in [-0.2, -0.15) is 0 Å². The Hall–Kier alpha value is -7.18. The maximum absolute atomic E-state index is 6.20. The van der Waals surface area contributed by atoms with Crippen LogP contribution in [0.2, 0.25) is 0 Å². The molecule has 0 bridgehead atoms. The number of pyridine rings is 1. The highest BCUT2D eigenvalue weighted by Gasteiger charge is 2.20. The molecule has 7 aromatic carbocycles. The Morgan fingerprint density at radius 3 is 1.85 bits per heavy atom. The van der Waals surface area contributed by atoms with Gasteiger partial charge in [-0.15, -0.1) is 0 Å². The van der Waals surface area contributed by atoms with E-state index in [0.717, 1.165) is 55.0 Å². The van der Waals surface area contributed by atoms with Crippen LogP contribution in [0.5, 0.6) is 0 Å². The molecule has 4 aromatic heterocycles. The molecule has 6 nitrogen and oxygen atoms in total. The van der Waals surface area contributed by atoms with E-state index in [1.807, 2.05) is 36.4 Å². The summed E-state index contributed by atoms with van der Waals surface area (Å²) in [6.45, 7) is 0. The quantitative estimate of drug-likeness (QED) is 0.175. The number of fused-ring (bicyclic) bond motifs is 9. The van der Waals surface area contributed by atoms with Gasteiger partial charge in [0.1, 0.15) is 11.3 Å². The van der Waals surface area contributed by atoms with Gasteiger partial charge in [-0.1, -0.05) is 115 Å². The maximum Gasteiger partial charge on any atom is 0.227 e. The van der Waals surface area contributed by atoms with Crippen molar-refractivity contribution in [3.8, 4) is 40.0 Å². The topological polar surface area (TPSA) is 69.6 Å². The van der Waals surface area contributed by atoms with Crippen LogP contribution in [-0.2, 0) is 0 Å². The molecule has 52 heavy (non-hydrogen) atoms. The standard InChI is InChI=1S/C46H27N5O/c1-2-12-31-28(11-1)21-22-29-23-24-30(27-37(29)31)43-48-44(50-45(49-43)38-26-25-35-34-15-6-10-20-42(34)52-46(35)47-38)36-16-5-9-19-41(36)51-39-17-7-3-13-32(39)33-14-4-8-18-40(33)51/h1-27H. The molecule has 0 saturated heterocycles. The van der Waals surface area contributed by atoms with Gasteiger partial charge in [0.15, 0.2) is 17.5 Å². The molecule has 11 aromatic rings. The second-order valence-electron chi connectivity index (χ2n) is 13.1. The summed E-state index contributed by atoms with van der Waals surface area (Å²) in [5.41, 5.74) is 6.94. The molecule has 11 rings (SSSR count). The van der Waals surface area contributed by atoms with E-state index < -0.39 is 0 Å². The van der Waals surface area contributed by atoms with Crippen LogP contribution in [0.4, 0.5) is 0 Å². The van der Waals surface area contributed by atoms with Gasteiger partial charge in [0.2, 0.25) is 5.71 Å². The second-order valence-corrected chi connectivity index (χ2v) is 13.1. The SMILES string of the molecule is c1ccc(-n2c3ccccc3c3ccccc32)c(-c2nc(-c3ccc4ccc5ccccc5c4c3)nc(-c3ccc4c(n3)oc3ccccc34)n2)c1. The van der Waals surface area contributed by atoms with Gasteiger partial charge in [-0.3, -0.25) is 0 Å². The summed E-state index contributed by atoms with van der Waals surface area (Å²) in [6, 6.07) is 56.6. The summed E-state index contributed by atoms with van der Waals surface area (Å²) in [7, 11) is 0. The van der Waals surface area contributed by atoms with Crippen molar-refractivity contribution < 1.29 is 4.42 Å². The Kier molecular flexibility index (Phi) is 6.15. The summed E-state index contributed by atoms with van der Waals surface area (Å²) in [6.07, 6.45) is 0. The first-order valence-corrected chi connectivity index (χ1v) is 17.3. The minimum Gasteiger partial charge on any atom is -0.438 e. The van der Waals surface area contributed by atoms with Crippen LogP contribution in [0.15, 0.2) is 168 Å². The summed E-state index contributed by atoms with van der Waals surface area (Å²) >= 11 is 0.